The molecule has 5 rings (SSSR count). The van der Waals surface area contributed by atoms with Crippen LogP contribution < -0.4 is 24.8 Å². The van der Waals surface area contributed by atoms with E-state index < -0.39 is 17.6 Å². The van der Waals surface area contributed by atoms with Gasteiger partial charge in [0.05, 0.1) is 21.3 Å². The van der Waals surface area contributed by atoms with Gasteiger partial charge in [-0.3, -0.25) is 9.59 Å². The molecule has 1 aliphatic heterocycles. The summed E-state index contributed by atoms with van der Waals surface area (Å²) in [6, 6.07) is 19.2. The summed E-state index contributed by atoms with van der Waals surface area (Å²) in [6.07, 6.45) is 0.922. The third-order valence-electron chi connectivity index (χ3n) is 7.45. The van der Waals surface area contributed by atoms with Crippen LogP contribution in [0.4, 0.5) is 10.1 Å². The zero-order chi connectivity index (χ0) is 28.4. The van der Waals surface area contributed by atoms with Crippen molar-refractivity contribution < 1.29 is 28.2 Å². The molecule has 2 aliphatic rings. The number of methoxy groups -OCH3 is 3. The fraction of sp³-hybridized carbons (Fsp3) is 0.250. The highest BCUT2D eigenvalue weighted by atomic mass is 19.1. The summed E-state index contributed by atoms with van der Waals surface area (Å²) in [5.41, 5.74) is 4.30. The maximum Gasteiger partial charge on any atom is 0.254 e. The number of nitrogens with one attached hydrogen (secondary N) is 2. The molecule has 0 fully saturated rings. The summed E-state index contributed by atoms with van der Waals surface area (Å²) in [5, 5.41) is 6.18. The first-order chi connectivity index (χ1) is 19.3. The Morgan fingerprint density at radius 1 is 0.900 bits per heavy atom. The van der Waals surface area contributed by atoms with E-state index in [2.05, 4.69) is 10.6 Å². The fourth-order valence-corrected chi connectivity index (χ4v) is 5.67. The first-order valence-corrected chi connectivity index (χ1v) is 13.0. The van der Waals surface area contributed by atoms with Gasteiger partial charge in [-0.1, -0.05) is 36.4 Å². The van der Waals surface area contributed by atoms with Gasteiger partial charge in [-0.15, -0.1) is 0 Å². The second-order valence-corrected chi connectivity index (χ2v) is 9.85. The highest BCUT2D eigenvalue weighted by molar-refractivity contribution is 6.10. The lowest BCUT2D eigenvalue weighted by Gasteiger charge is -2.37. The number of carbonyl (C=O) groups is 2. The predicted octanol–water partition coefficient (Wildman–Crippen LogP) is 5.85. The van der Waals surface area contributed by atoms with Crippen LogP contribution in [-0.4, -0.2) is 33.0 Å². The maximum atomic E-state index is 13.9. The topological polar surface area (TPSA) is 85.9 Å². The van der Waals surface area contributed by atoms with E-state index in [9.17, 15) is 14.0 Å². The number of ketones is 1. The Morgan fingerprint density at radius 2 is 1.60 bits per heavy atom. The maximum absolute atomic E-state index is 13.9. The Morgan fingerprint density at radius 3 is 2.23 bits per heavy atom. The second kappa shape index (κ2) is 11.3. The summed E-state index contributed by atoms with van der Waals surface area (Å²) in [6.45, 7) is 1.81. The largest absolute Gasteiger partial charge is 0.493 e. The Balaban J connectivity index is 1.64. The number of hydrogen-bond donors (Lipinski definition) is 2. The van der Waals surface area contributed by atoms with E-state index in [0.717, 1.165) is 11.3 Å². The normalized spacial score (nSPS) is 18.6. The van der Waals surface area contributed by atoms with E-state index in [4.69, 9.17) is 14.2 Å². The summed E-state index contributed by atoms with van der Waals surface area (Å²) in [4.78, 5) is 27.7. The number of dihydropyridines is 1. The molecule has 0 bridgehead atoms. The van der Waals surface area contributed by atoms with E-state index >= 15 is 0 Å². The van der Waals surface area contributed by atoms with Crippen LogP contribution in [-0.2, 0) is 9.59 Å². The Kier molecular flexibility index (Phi) is 7.60. The number of ether oxygens (including phenoxy) is 3. The lowest BCUT2D eigenvalue weighted by molar-refractivity contribution is -0.116. The molecule has 3 aromatic rings. The number of carbonyl (C=O) groups excluding carboxylic acids is 2. The SMILES string of the molecule is COc1cc(C2C(C(=O)Nc3cccc(F)c3)=C(C)NC3=C2C(=O)CC(c2ccccc2)C3)cc(OC)c1OC. The summed E-state index contributed by atoms with van der Waals surface area (Å²) in [5.74, 6) is -0.452. The van der Waals surface area contributed by atoms with Crippen molar-refractivity contribution in [3.8, 4) is 17.2 Å². The number of anilines is 1. The molecule has 0 saturated heterocycles. The smallest absolute Gasteiger partial charge is 0.254 e. The molecule has 0 aromatic heterocycles. The van der Waals surface area contributed by atoms with Crippen molar-refractivity contribution in [2.24, 2.45) is 0 Å². The molecule has 2 atom stereocenters. The molecule has 206 valence electrons. The quantitative estimate of drug-likeness (QED) is 0.390. The van der Waals surface area contributed by atoms with E-state index in [-0.39, 0.29) is 11.7 Å². The molecule has 3 aromatic carbocycles. The molecule has 0 spiro atoms. The van der Waals surface area contributed by atoms with Gasteiger partial charge >= 0.3 is 0 Å². The Bertz CT molecular complexity index is 1500. The third-order valence-corrected chi connectivity index (χ3v) is 7.45. The molecule has 2 N–H and O–H groups in total. The van der Waals surface area contributed by atoms with Crippen molar-refractivity contribution in [1.82, 2.24) is 5.32 Å². The van der Waals surface area contributed by atoms with Crippen LogP contribution in [0.5, 0.6) is 17.2 Å². The summed E-state index contributed by atoms with van der Waals surface area (Å²) < 4.78 is 30.6. The summed E-state index contributed by atoms with van der Waals surface area (Å²) in [7, 11) is 4.55. The molecule has 8 heteroatoms. The Hall–Kier alpha value is -4.59. The van der Waals surface area contributed by atoms with Crippen LogP contribution in [0.3, 0.4) is 0 Å². The zero-order valence-corrected chi connectivity index (χ0v) is 22.8. The minimum absolute atomic E-state index is 0.0102. The van der Waals surface area contributed by atoms with E-state index in [1.807, 2.05) is 37.3 Å². The average molecular weight is 543 g/mol. The van der Waals surface area contributed by atoms with Gasteiger partial charge in [0.15, 0.2) is 17.3 Å². The van der Waals surface area contributed by atoms with Crippen LogP contribution >= 0.6 is 0 Å². The number of rotatable bonds is 7. The second-order valence-electron chi connectivity index (χ2n) is 9.85. The van der Waals surface area contributed by atoms with Crippen molar-refractivity contribution in [3.63, 3.8) is 0 Å². The molecule has 1 amide bonds. The van der Waals surface area contributed by atoms with Gasteiger partial charge in [0.25, 0.3) is 5.91 Å². The molecule has 40 heavy (non-hydrogen) atoms. The van der Waals surface area contributed by atoms with Crippen molar-refractivity contribution in [2.45, 2.75) is 31.6 Å². The molecule has 1 heterocycles. The minimum Gasteiger partial charge on any atom is -0.493 e. The minimum atomic E-state index is -0.720. The standard InChI is InChI=1S/C32H31FN2O5/c1-18-28(32(37)35-23-12-8-11-22(33)17-23)29(21-15-26(38-2)31(40-4)27(16-21)39-3)30-24(34-18)13-20(14-25(30)36)19-9-6-5-7-10-19/h5-12,15-17,20,29,34H,13-14H2,1-4H3,(H,35,37). The number of benzene rings is 3. The van der Waals surface area contributed by atoms with E-state index in [1.54, 1.807) is 18.2 Å². The fourth-order valence-electron chi connectivity index (χ4n) is 5.67. The van der Waals surface area contributed by atoms with Crippen molar-refractivity contribution >= 4 is 17.4 Å². The average Bonchev–Trinajstić information content (AvgIpc) is 2.95. The lowest BCUT2D eigenvalue weighted by atomic mass is 9.71. The molecule has 1 aliphatic carbocycles. The van der Waals surface area contributed by atoms with Gasteiger partial charge in [-0.2, -0.15) is 0 Å². The number of halogens is 1. The number of allylic oxidation sites excluding steroid dienone is 3. The number of amides is 1. The molecular weight excluding hydrogens is 511 g/mol. The molecule has 2 unspecified atom stereocenters. The van der Waals surface area contributed by atoms with Crippen molar-refractivity contribution in [3.05, 3.63) is 106 Å². The molecule has 7 nitrogen and oxygen atoms in total. The van der Waals surface area contributed by atoms with Crippen LogP contribution in [0.25, 0.3) is 0 Å². The molecular formula is C32H31FN2O5. The van der Waals surface area contributed by atoms with Gasteiger partial charge in [0.1, 0.15) is 5.82 Å². The first kappa shape index (κ1) is 27.0. The van der Waals surface area contributed by atoms with Gasteiger partial charge in [-0.05, 0) is 60.7 Å². The van der Waals surface area contributed by atoms with E-state index in [1.165, 1.54) is 39.5 Å². The van der Waals surface area contributed by atoms with Crippen LogP contribution in [0.1, 0.15) is 42.7 Å². The van der Waals surface area contributed by atoms with E-state index in [0.29, 0.717) is 58.2 Å². The number of hydrogen-bond acceptors (Lipinski definition) is 6. The van der Waals surface area contributed by atoms with Crippen LogP contribution in [0, 0.1) is 5.82 Å². The van der Waals surface area contributed by atoms with Gasteiger partial charge < -0.3 is 24.8 Å². The van der Waals surface area contributed by atoms with Crippen LogP contribution in [0.15, 0.2) is 89.3 Å². The third kappa shape index (κ3) is 5.04. The zero-order valence-electron chi connectivity index (χ0n) is 22.8. The molecule has 0 radical (unpaired) electrons. The van der Waals surface area contributed by atoms with Crippen molar-refractivity contribution in [2.75, 3.05) is 26.6 Å². The summed E-state index contributed by atoms with van der Waals surface area (Å²) >= 11 is 0. The predicted molar refractivity (Wildman–Crippen MR) is 150 cm³/mol. The highest BCUT2D eigenvalue weighted by Crippen LogP contribution is 2.49. The monoisotopic (exact) mass is 542 g/mol. The number of Topliss-reactive ketones (excluding diaryl/α,β-unsaturated/α-hetero) is 1. The van der Waals surface area contributed by atoms with Gasteiger partial charge in [0.2, 0.25) is 5.75 Å². The van der Waals surface area contributed by atoms with Crippen molar-refractivity contribution in [1.29, 1.82) is 0 Å². The molecule has 0 saturated carbocycles. The van der Waals surface area contributed by atoms with Crippen LogP contribution in [0.2, 0.25) is 0 Å². The van der Waals surface area contributed by atoms with Gasteiger partial charge in [0, 0.05) is 40.6 Å². The first-order valence-electron chi connectivity index (χ1n) is 13.0. The highest BCUT2D eigenvalue weighted by Gasteiger charge is 2.41. The van der Waals surface area contributed by atoms with Gasteiger partial charge in [-0.25, -0.2) is 4.39 Å². The Labute approximate surface area is 232 Å². The lowest BCUT2D eigenvalue weighted by Crippen LogP contribution is -2.37.